The fraction of sp³-hybridized carbons (Fsp3) is 0.562. The van der Waals surface area contributed by atoms with Gasteiger partial charge in [-0.1, -0.05) is 37.8 Å². The molecule has 1 aliphatic heterocycles. The predicted molar refractivity (Wildman–Crippen MR) is 148 cm³/mol. The number of ketones is 1. The Morgan fingerprint density at radius 1 is 1.10 bits per heavy atom. The van der Waals surface area contributed by atoms with Gasteiger partial charge in [0.05, 0.1) is 11.5 Å². The maximum atomic E-state index is 15.3. The second kappa shape index (κ2) is 10.6. The summed E-state index contributed by atoms with van der Waals surface area (Å²) in [6.07, 6.45) is 8.29. The Bertz CT molecular complexity index is 1530. The smallest absolute Gasteiger partial charge is 0.317 e. The number of halogens is 1. The number of fused-ring (bicyclic) bond motifs is 1. The number of nitriles is 1. The lowest BCUT2D eigenvalue weighted by Crippen LogP contribution is -2.52. The predicted octanol–water partition coefficient (Wildman–Crippen LogP) is 5.45. The minimum absolute atomic E-state index is 0.0770. The maximum absolute atomic E-state index is 15.3. The highest BCUT2D eigenvalue weighted by molar-refractivity contribution is 6.01. The summed E-state index contributed by atoms with van der Waals surface area (Å²) in [4.78, 5) is 35.9. The van der Waals surface area contributed by atoms with Gasteiger partial charge in [0.25, 0.3) is 5.78 Å². The Morgan fingerprint density at radius 3 is 2.54 bits per heavy atom. The Labute approximate surface area is 239 Å². The number of esters is 1. The van der Waals surface area contributed by atoms with Gasteiger partial charge in [-0.3, -0.25) is 9.59 Å². The van der Waals surface area contributed by atoms with Crippen LogP contribution in [0.1, 0.15) is 92.5 Å². The molecule has 8 nitrogen and oxygen atoms in total. The van der Waals surface area contributed by atoms with Gasteiger partial charge in [-0.2, -0.15) is 10.2 Å². The number of hydrogen-bond acceptors (Lipinski definition) is 7. The lowest BCUT2D eigenvalue weighted by Gasteiger charge is -2.43. The van der Waals surface area contributed by atoms with Gasteiger partial charge >= 0.3 is 5.97 Å². The topological polar surface area (TPSA) is 110 Å². The van der Waals surface area contributed by atoms with Crippen molar-refractivity contribution in [1.29, 1.82) is 5.26 Å². The summed E-state index contributed by atoms with van der Waals surface area (Å²) in [5.41, 5.74) is 1.33. The number of aromatic nitrogens is 4. The number of carbonyl (C=O) groups excluding carboxylic acids is 2. The number of aryl methyl sites for hydroxylation is 3. The molecule has 0 radical (unpaired) electrons. The van der Waals surface area contributed by atoms with Crippen molar-refractivity contribution < 1.29 is 18.7 Å². The number of ether oxygens (including phenoxy) is 1. The molecule has 2 saturated carbocycles. The molecule has 6 rings (SSSR count). The van der Waals surface area contributed by atoms with E-state index in [1.54, 1.807) is 10.6 Å². The van der Waals surface area contributed by atoms with E-state index in [0.29, 0.717) is 42.8 Å². The Balaban J connectivity index is 1.20. The zero-order valence-electron chi connectivity index (χ0n) is 23.8. The molecule has 1 saturated heterocycles. The first-order valence-corrected chi connectivity index (χ1v) is 14.9. The summed E-state index contributed by atoms with van der Waals surface area (Å²) in [6, 6.07) is 9.45. The quantitative estimate of drug-likeness (QED) is 0.281. The van der Waals surface area contributed by atoms with E-state index in [1.807, 2.05) is 26.0 Å². The number of nitrogens with zero attached hydrogens (tertiary/aromatic N) is 5. The van der Waals surface area contributed by atoms with Crippen molar-refractivity contribution in [2.45, 2.75) is 102 Å². The van der Waals surface area contributed by atoms with E-state index in [-0.39, 0.29) is 30.4 Å². The van der Waals surface area contributed by atoms with Crippen LogP contribution >= 0.6 is 0 Å². The van der Waals surface area contributed by atoms with Crippen LogP contribution in [-0.4, -0.2) is 36.9 Å². The van der Waals surface area contributed by atoms with Crippen LogP contribution in [0, 0.1) is 42.8 Å². The van der Waals surface area contributed by atoms with Gasteiger partial charge in [-0.15, -0.1) is 5.10 Å². The lowest BCUT2D eigenvalue weighted by molar-refractivity contribution is -0.185. The number of carbonyl (C=O) groups is 2. The molecule has 0 amide bonds. The van der Waals surface area contributed by atoms with Crippen LogP contribution in [0.15, 0.2) is 24.3 Å². The molecule has 3 aliphatic rings. The standard InChI is InChI=1S/C32H36FN5O3/c1-20-15-21(2)38-30(35-20)36-28(37-38)17-24-27(39)18-32(41-29(24)40,23-7-3-4-8-23)14-11-22-9-10-25(26(33)16-22)31(19-34)12-5-6-13-31/h9-10,15-16,23-24H,3-8,11-14,17-18H2,1-2H3. The van der Waals surface area contributed by atoms with Crippen LogP contribution in [0.3, 0.4) is 0 Å². The molecule has 1 aromatic carbocycles. The lowest BCUT2D eigenvalue weighted by atomic mass is 9.73. The van der Waals surface area contributed by atoms with Crippen molar-refractivity contribution in [3.05, 3.63) is 58.4 Å². The molecule has 41 heavy (non-hydrogen) atoms. The highest BCUT2D eigenvalue weighted by Gasteiger charge is 2.51. The Hall–Kier alpha value is -3.67. The minimum Gasteiger partial charge on any atom is -0.458 e. The number of benzene rings is 1. The van der Waals surface area contributed by atoms with E-state index in [0.717, 1.165) is 55.5 Å². The SMILES string of the molecule is Cc1cc(C)n2nc(CC3C(=O)CC(CCc4ccc(C5(C#N)CCCC5)c(F)c4)(C4CCCC4)OC3=O)nc2n1. The van der Waals surface area contributed by atoms with Crippen LogP contribution in [0.25, 0.3) is 5.78 Å². The van der Waals surface area contributed by atoms with Gasteiger partial charge < -0.3 is 4.74 Å². The van der Waals surface area contributed by atoms with Gasteiger partial charge in [0, 0.05) is 29.8 Å². The highest BCUT2D eigenvalue weighted by Crippen LogP contribution is 2.46. The number of hydrogen-bond donors (Lipinski definition) is 0. The van der Waals surface area contributed by atoms with Crippen molar-refractivity contribution in [3.8, 4) is 6.07 Å². The van der Waals surface area contributed by atoms with Gasteiger partial charge in [-0.25, -0.2) is 13.9 Å². The molecule has 0 N–H and O–H groups in total. The first-order chi connectivity index (χ1) is 19.7. The summed E-state index contributed by atoms with van der Waals surface area (Å²) in [7, 11) is 0. The molecule has 2 aliphatic carbocycles. The molecule has 0 bridgehead atoms. The summed E-state index contributed by atoms with van der Waals surface area (Å²) >= 11 is 0. The fourth-order valence-corrected chi connectivity index (χ4v) is 7.43. The van der Waals surface area contributed by atoms with E-state index in [4.69, 9.17) is 4.74 Å². The largest absolute Gasteiger partial charge is 0.458 e. The van der Waals surface area contributed by atoms with Crippen molar-refractivity contribution in [2.75, 3.05) is 0 Å². The number of cyclic esters (lactones) is 1. The molecule has 3 fully saturated rings. The van der Waals surface area contributed by atoms with E-state index >= 15 is 4.39 Å². The first-order valence-electron chi connectivity index (χ1n) is 14.9. The van der Waals surface area contributed by atoms with E-state index in [1.165, 1.54) is 6.07 Å². The summed E-state index contributed by atoms with van der Waals surface area (Å²) < 4.78 is 23.2. The van der Waals surface area contributed by atoms with Crippen LogP contribution in [0.5, 0.6) is 0 Å². The third-order valence-electron chi connectivity index (χ3n) is 9.66. The average molecular weight is 558 g/mol. The van der Waals surface area contributed by atoms with Gasteiger partial charge in [0.15, 0.2) is 11.6 Å². The van der Waals surface area contributed by atoms with Crippen molar-refractivity contribution in [1.82, 2.24) is 19.6 Å². The Kier molecular flexibility index (Phi) is 7.13. The van der Waals surface area contributed by atoms with Gasteiger partial charge in [-0.05, 0) is 76.0 Å². The Morgan fingerprint density at radius 2 is 1.85 bits per heavy atom. The summed E-state index contributed by atoms with van der Waals surface area (Å²) in [5, 5.41) is 14.3. The molecule has 2 aromatic heterocycles. The number of rotatable bonds is 7. The van der Waals surface area contributed by atoms with E-state index in [9.17, 15) is 14.9 Å². The molecule has 9 heteroatoms. The normalized spacial score (nSPS) is 24.6. The van der Waals surface area contributed by atoms with Crippen LogP contribution < -0.4 is 0 Å². The molecular weight excluding hydrogens is 521 g/mol. The summed E-state index contributed by atoms with van der Waals surface area (Å²) in [5.74, 6) is -1.03. The molecular formula is C32H36FN5O3. The number of Topliss-reactive ketones (excluding diaryl/α,β-unsaturated/α-hetero) is 1. The zero-order chi connectivity index (χ0) is 28.8. The maximum Gasteiger partial charge on any atom is 0.317 e. The van der Waals surface area contributed by atoms with Crippen molar-refractivity contribution in [3.63, 3.8) is 0 Å². The second-order valence-electron chi connectivity index (χ2n) is 12.4. The third kappa shape index (κ3) is 5.02. The van der Waals surface area contributed by atoms with Crippen LogP contribution in [0.2, 0.25) is 0 Å². The summed E-state index contributed by atoms with van der Waals surface area (Å²) in [6.45, 7) is 3.79. The van der Waals surface area contributed by atoms with Crippen molar-refractivity contribution >= 4 is 17.5 Å². The monoisotopic (exact) mass is 557 g/mol. The average Bonchev–Trinajstić information content (AvgIpc) is 3.71. The van der Waals surface area contributed by atoms with E-state index in [2.05, 4.69) is 21.1 Å². The molecule has 214 valence electrons. The zero-order valence-corrected chi connectivity index (χ0v) is 23.8. The molecule has 3 heterocycles. The molecule has 3 aromatic rings. The van der Waals surface area contributed by atoms with Gasteiger partial charge in [0.2, 0.25) is 0 Å². The molecule has 0 spiro atoms. The minimum atomic E-state index is -0.950. The third-order valence-corrected chi connectivity index (χ3v) is 9.66. The fourth-order valence-electron chi connectivity index (χ4n) is 7.43. The van der Waals surface area contributed by atoms with Crippen LogP contribution in [0.4, 0.5) is 4.39 Å². The van der Waals surface area contributed by atoms with Crippen LogP contribution in [-0.2, 0) is 32.6 Å². The first kappa shape index (κ1) is 27.5. The van der Waals surface area contributed by atoms with Gasteiger partial charge in [0.1, 0.15) is 17.3 Å². The molecule has 2 atom stereocenters. The highest BCUT2D eigenvalue weighted by atomic mass is 19.1. The molecule has 2 unspecified atom stereocenters. The second-order valence-corrected chi connectivity index (χ2v) is 12.4. The van der Waals surface area contributed by atoms with Crippen molar-refractivity contribution in [2.24, 2.45) is 11.8 Å². The van der Waals surface area contributed by atoms with E-state index < -0.39 is 22.9 Å².